The molecule has 1 atom stereocenters. The minimum atomic E-state index is -0.454. The number of likely N-dealkylation sites (N-methyl/N-ethyl adjacent to an activating group) is 1. The van der Waals surface area contributed by atoms with E-state index in [4.69, 9.17) is 9.47 Å². The summed E-state index contributed by atoms with van der Waals surface area (Å²) < 4.78 is 11.3. The van der Waals surface area contributed by atoms with Gasteiger partial charge in [0, 0.05) is 31.9 Å². The third kappa shape index (κ3) is 5.83. The van der Waals surface area contributed by atoms with E-state index in [1.54, 1.807) is 4.90 Å². The number of rotatable bonds is 3. The van der Waals surface area contributed by atoms with Crippen molar-refractivity contribution >= 4 is 11.8 Å². The first-order chi connectivity index (χ1) is 11.4. The van der Waals surface area contributed by atoms with Crippen LogP contribution in [0.4, 0.5) is 10.5 Å². The van der Waals surface area contributed by atoms with E-state index >= 15 is 0 Å². The molecule has 0 aliphatic carbocycles. The summed E-state index contributed by atoms with van der Waals surface area (Å²) in [4.78, 5) is 16.2. The van der Waals surface area contributed by atoms with E-state index in [9.17, 15) is 4.79 Å². The molecule has 1 aromatic carbocycles. The molecule has 0 spiro atoms. The fourth-order valence-electron chi connectivity index (χ4n) is 2.86. The average molecular weight is 348 g/mol. The van der Waals surface area contributed by atoms with Crippen molar-refractivity contribution in [1.82, 2.24) is 4.90 Å². The number of hydrogen-bond donors (Lipinski definition) is 0. The lowest BCUT2D eigenvalue weighted by Gasteiger charge is -2.28. The van der Waals surface area contributed by atoms with Crippen LogP contribution in [-0.2, 0) is 4.74 Å². The van der Waals surface area contributed by atoms with Crippen LogP contribution in [-0.4, -0.2) is 48.4 Å². The van der Waals surface area contributed by atoms with Gasteiger partial charge in [-0.1, -0.05) is 0 Å². The van der Waals surface area contributed by atoms with E-state index < -0.39 is 5.60 Å². The first-order valence-corrected chi connectivity index (χ1v) is 8.94. The summed E-state index contributed by atoms with van der Waals surface area (Å²) in [5.41, 5.74) is 0.466. The van der Waals surface area contributed by atoms with Gasteiger partial charge in [0.25, 0.3) is 0 Å². The van der Waals surface area contributed by atoms with Crippen LogP contribution in [0, 0.1) is 0 Å². The first-order valence-electron chi connectivity index (χ1n) is 8.94. The summed E-state index contributed by atoms with van der Waals surface area (Å²) in [6, 6.07) is 8.42. The maximum atomic E-state index is 12.2. The van der Waals surface area contributed by atoms with Crippen molar-refractivity contribution in [2.75, 3.05) is 25.0 Å². The van der Waals surface area contributed by atoms with Crippen LogP contribution in [0.15, 0.2) is 24.3 Å². The van der Waals surface area contributed by atoms with Gasteiger partial charge in [-0.15, -0.1) is 0 Å². The number of amides is 1. The molecule has 1 aromatic rings. The summed E-state index contributed by atoms with van der Waals surface area (Å²) in [7, 11) is 2.07. The predicted molar refractivity (Wildman–Crippen MR) is 101 cm³/mol. The highest BCUT2D eigenvalue weighted by Crippen LogP contribution is 2.26. The SMILES string of the molecule is CN(c1ccc(OC(C)(C)C)cc1)C1CCN(C(=O)OC(C)(C)C)C1. The number of hydrogen-bond acceptors (Lipinski definition) is 4. The number of likely N-dealkylation sites (tertiary alicyclic amines) is 1. The Bertz CT molecular complexity index is 584. The predicted octanol–water partition coefficient (Wildman–Crippen LogP) is 4.31. The second-order valence-electron chi connectivity index (χ2n) is 8.69. The molecule has 5 nitrogen and oxygen atoms in total. The quantitative estimate of drug-likeness (QED) is 0.816. The summed E-state index contributed by atoms with van der Waals surface area (Å²) >= 11 is 0. The Morgan fingerprint density at radius 3 is 2.20 bits per heavy atom. The van der Waals surface area contributed by atoms with Crippen molar-refractivity contribution in [1.29, 1.82) is 0 Å². The monoisotopic (exact) mass is 348 g/mol. The number of carbonyl (C=O) groups excluding carboxylic acids is 1. The molecule has 140 valence electrons. The van der Waals surface area contributed by atoms with Crippen molar-refractivity contribution in [3.8, 4) is 5.75 Å². The molecule has 0 saturated carbocycles. The lowest BCUT2D eigenvalue weighted by molar-refractivity contribution is 0.0292. The third-order valence-electron chi connectivity index (χ3n) is 4.03. The second-order valence-corrected chi connectivity index (χ2v) is 8.69. The van der Waals surface area contributed by atoms with E-state index in [-0.39, 0.29) is 11.7 Å². The van der Waals surface area contributed by atoms with Gasteiger partial charge in [0.15, 0.2) is 0 Å². The molecule has 1 aliphatic heterocycles. The smallest absolute Gasteiger partial charge is 0.410 e. The molecular formula is C20H32N2O3. The molecule has 0 aromatic heterocycles. The van der Waals surface area contributed by atoms with Gasteiger partial charge >= 0.3 is 6.09 Å². The van der Waals surface area contributed by atoms with E-state index in [1.807, 2.05) is 53.7 Å². The van der Waals surface area contributed by atoms with Crippen LogP contribution in [0.3, 0.4) is 0 Å². The van der Waals surface area contributed by atoms with E-state index in [0.717, 1.165) is 24.4 Å². The minimum Gasteiger partial charge on any atom is -0.488 e. The number of benzene rings is 1. The highest BCUT2D eigenvalue weighted by molar-refractivity contribution is 5.68. The summed E-state index contributed by atoms with van der Waals surface area (Å²) in [5, 5.41) is 0. The zero-order chi connectivity index (χ0) is 18.8. The van der Waals surface area contributed by atoms with Crippen LogP contribution in [0.25, 0.3) is 0 Å². The fraction of sp³-hybridized carbons (Fsp3) is 0.650. The number of carbonyl (C=O) groups is 1. The zero-order valence-corrected chi connectivity index (χ0v) is 16.6. The fourth-order valence-corrected chi connectivity index (χ4v) is 2.86. The molecule has 0 radical (unpaired) electrons. The normalized spacial score (nSPS) is 18.2. The van der Waals surface area contributed by atoms with Gasteiger partial charge in [0.05, 0.1) is 0 Å². The highest BCUT2D eigenvalue weighted by atomic mass is 16.6. The summed E-state index contributed by atoms with van der Waals surface area (Å²) in [6.07, 6.45) is 0.716. The molecule has 0 N–H and O–H groups in total. The van der Waals surface area contributed by atoms with Crippen molar-refractivity contribution in [2.24, 2.45) is 0 Å². The Morgan fingerprint density at radius 1 is 1.08 bits per heavy atom. The maximum absolute atomic E-state index is 12.2. The largest absolute Gasteiger partial charge is 0.488 e. The van der Waals surface area contributed by atoms with E-state index in [2.05, 4.69) is 24.1 Å². The maximum Gasteiger partial charge on any atom is 0.410 e. The molecule has 25 heavy (non-hydrogen) atoms. The molecule has 1 aliphatic rings. The van der Waals surface area contributed by atoms with Crippen molar-refractivity contribution in [3.05, 3.63) is 24.3 Å². The summed E-state index contributed by atoms with van der Waals surface area (Å²) in [5.74, 6) is 0.867. The van der Waals surface area contributed by atoms with Crippen molar-refractivity contribution < 1.29 is 14.3 Å². The van der Waals surface area contributed by atoms with Crippen molar-refractivity contribution in [2.45, 2.75) is 65.2 Å². The third-order valence-corrected chi connectivity index (χ3v) is 4.03. The molecule has 0 bridgehead atoms. The first kappa shape index (κ1) is 19.4. The van der Waals surface area contributed by atoms with Crippen LogP contribution >= 0.6 is 0 Å². The standard InChI is InChI=1S/C20H32N2O3/c1-19(2,3)24-17-10-8-15(9-11-17)21(7)16-12-13-22(14-16)18(23)25-20(4,5)6/h8-11,16H,12-14H2,1-7H3. The molecule has 5 heteroatoms. The van der Waals surface area contributed by atoms with Crippen molar-refractivity contribution in [3.63, 3.8) is 0 Å². The van der Waals surface area contributed by atoms with Crippen LogP contribution < -0.4 is 9.64 Å². The van der Waals surface area contributed by atoms with Crippen LogP contribution in [0.1, 0.15) is 48.0 Å². The molecular weight excluding hydrogens is 316 g/mol. The van der Waals surface area contributed by atoms with Crippen LogP contribution in [0.5, 0.6) is 5.75 Å². The minimum absolute atomic E-state index is 0.202. The average Bonchev–Trinajstić information content (AvgIpc) is 2.93. The van der Waals surface area contributed by atoms with Gasteiger partial charge in [0.1, 0.15) is 17.0 Å². The lowest BCUT2D eigenvalue weighted by atomic mass is 10.1. The molecule has 1 saturated heterocycles. The van der Waals surface area contributed by atoms with Gasteiger partial charge in [-0.25, -0.2) is 4.79 Å². The Labute approximate surface area is 151 Å². The Morgan fingerprint density at radius 2 is 1.68 bits per heavy atom. The molecule has 2 rings (SSSR count). The second kappa shape index (κ2) is 7.14. The summed E-state index contributed by atoms with van der Waals surface area (Å²) in [6.45, 7) is 13.2. The Kier molecular flexibility index (Phi) is 5.55. The van der Waals surface area contributed by atoms with Gasteiger partial charge < -0.3 is 19.3 Å². The molecule has 1 heterocycles. The topological polar surface area (TPSA) is 42.0 Å². The van der Waals surface area contributed by atoms with Gasteiger partial charge in [-0.3, -0.25) is 0 Å². The Balaban J connectivity index is 1.95. The Hall–Kier alpha value is -1.91. The number of nitrogens with zero attached hydrogens (tertiary/aromatic N) is 2. The molecule has 1 unspecified atom stereocenters. The van der Waals surface area contributed by atoms with Crippen LogP contribution in [0.2, 0.25) is 0 Å². The molecule has 1 fully saturated rings. The zero-order valence-electron chi connectivity index (χ0n) is 16.6. The van der Waals surface area contributed by atoms with Gasteiger partial charge in [-0.05, 0) is 72.2 Å². The van der Waals surface area contributed by atoms with E-state index in [1.165, 1.54) is 0 Å². The van der Waals surface area contributed by atoms with E-state index in [0.29, 0.717) is 12.6 Å². The van der Waals surface area contributed by atoms with Gasteiger partial charge in [-0.2, -0.15) is 0 Å². The number of anilines is 1. The molecule has 1 amide bonds. The lowest BCUT2D eigenvalue weighted by Crippen LogP contribution is -2.39. The van der Waals surface area contributed by atoms with Gasteiger partial charge in [0.2, 0.25) is 0 Å². The highest BCUT2D eigenvalue weighted by Gasteiger charge is 2.31. The number of ether oxygens (including phenoxy) is 2.